The van der Waals surface area contributed by atoms with Crippen LogP contribution in [0.3, 0.4) is 0 Å². The Labute approximate surface area is 139 Å². The first-order chi connectivity index (χ1) is 10.1. The molecule has 0 unspecified atom stereocenters. The van der Waals surface area contributed by atoms with Crippen molar-refractivity contribution in [2.75, 3.05) is 0 Å². The Bertz CT molecular complexity index is 706. The number of nitrogens with zero attached hydrogens (tertiary/aromatic N) is 1. The van der Waals surface area contributed by atoms with Gasteiger partial charge < -0.3 is 4.98 Å². The Hall–Kier alpha value is -0.900. The van der Waals surface area contributed by atoms with Gasteiger partial charge in [-0.15, -0.1) is 0 Å². The first-order valence-electron chi connectivity index (χ1n) is 7.16. The van der Waals surface area contributed by atoms with E-state index in [4.69, 9.17) is 35.4 Å². The van der Waals surface area contributed by atoms with Crippen molar-refractivity contribution in [3.05, 3.63) is 56.0 Å². The lowest BCUT2D eigenvalue weighted by molar-refractivity contribution is 0.685. The lowest BCUT2D eigenvalue weighted by Crippen LogP contribution is -2.04. The summed E-state index contributed by atoms with van der Waals surface area (Å²) < 4.78 is 0.649. The van der Waals surface area contributed by atoms with E-state index in [9.17, 15) is 0 Å². The monoisotopic (exact) mass is 338 g/mol. The normalized spacial score (nSPS) is 15.5. The third-order valence-electron chi connectivity index (χ3n) is 3.98. The van der Waals surface area contributed by atoms with Gasteiger partial charge in [-0.05, 0) is 42.5 Å². The summed E-state index contributed by atoms with van der Waals surface area (Å²) in [6.45, 7) is 0. The second kappa shape index (κ2) is 6.47. The van der Waals surface area contributed by atoms with Crippen molar-refractivity contribution in [1.29, 1.82) is 0 Å². The van der Waals surface area contributed by atoms with Gasteiger partial charge in [-0.1, -0.05) is 54.3 Å². The van der Waals surface area contributed by atoms with Crippen LogP contribution in [0.2, 0.25) is 10.0 Å². The second-order valence-corrected chi connectivity index (χ2v) is 6.78. The molecule has 0 bridgehead atoms. The summed E-state index contributed by atoms with van der Waals surface area (Å²) in [7, 11) is 0. The fourth-order valence-electron chi connectivity index (χ4n) is 2.91. The van der Waals surface area contributed by atoms with E-state index in [1.807, 2.05) is 18.2 Å². The maximum Gasteiger partial charge on any atom is 0.130 e. The van der Waals surface area contributed by atoms with E-state index in [1.54, 1.807) is 6.07 Å². The van der Waals surface area contributed by atoms with Crippen LogP contribution in [0.15, 0.2) is 24.3 Å². The van der Waals surface area contributed by atoms with Crippen molar-refractivity contribution < 1.29 is 0 Å². The molecule has 1 aromatic heterocycles. The summed E-state index contributed by atoms with van der Waals surface area (Å²) in [5.41, 5.74) is 2.22. The Balaban J connectivity index is 1.89. The minimum Gasteiger partial charge on any atom is -0.347 e. The summed E-state index contributed by atoms with van der Waals surface area (Å²) in [4.78, 5) is 7.88. The van der Waals surface area contributed by atoms with Gasteiger partial charge in [0.1, 0.15) is 10.5 Å². The fraction of sp³-hybridized carbons (Fsp3) is 0.375. The molecule has 0 atom stereocenters. The van der Waals surface area contributed by atoms with Gasteiger partial charge in [0.05, 0.1) is 0 Å². The summed E-state index contributed by atoms with van der Waals surface area (Å²) in [6, 6.07) is 7.54. The van der Waals surface area contributed by atoms with Crippen molar-refractivity contribution in [2.24, 2.45) is 0 Å². The van der Waals surface area contributed by atoms with E-state index in [-0.39, 0.29) is 0 Å². The van der Waals surface area contributed by atoms with Gasteiger partial charge in [0.15, 0.2) is 0 Å². The minimum atomic E-state index is 0.592. The molecule has 0 spiro atoms. The van der Waals surface area contributed by atoms with Gasteiger partial charge in [-0.3, -0.25) is 0 Å². The Morgan fingerprint density at radius 2 is 1.95 bits per heavy atom. The molecule has 1 aliphatic carbocycles. The molecule has 0 radical (unpaired) electrons. The zero-order valence-corrected chi connectivity index (χ0v) is 13.9. The molecule has 0 amide bonds. The molecule has 2 aromatic rings. The van der Waals surface area contributed by atoms with Crippen LogP contribution >= 0.6 is 35.4 Å². The average Bonchev–Trinajstić information content (AvgIpc) is 2.95. The molecule has 21 heavy (non-hydrogen) atoms. The SMILES string of the molecule is S=c1cc(C2CCCC2)[nH]c(Cc2ccc(Cl)cc2Cl)n1. The van der Waals surface area contributed by atoms with E-state index in [2.05, 4.69) is 9.97 Å². The molecule has 1 fully saturated rings. The molecule has 1 aromatic carbocycles. The zero-order chi connectivity index (χ0) is 14.8. The number of benzene rings is 1. The number of hydrogen-bond donors (Lipinski definition) is 1. The van der Waals surface area contributed by atoms with Crippen molar-refractivity contribution in [1.82, 2.24) is 9.97 Å². The van der Waals surface area contributed by atoms with Crippen molar-refractivity contribution >= 4 is 35.4 Å². The molecule has 0 saturated heterocycles. The molecule has 1 saturated carbocycles. The summed E-state index contributed by atoms with van der Waals surface area (Å²) >= 11 is 17.5. The van der Waals surface area contributed by atoms with Gasteiger partial charge in [0.2, 0.25) is 0 Å². The third kappa shape index (κ3) is 3.65. The Kier molecular flexibility index (Phi) is 4.63. The quantitative estimate of drug-likeness (QED) is 0.727. The minimum absolute atomic E-state index is 0.592. The molecular formula is C16H16Cl2N2S. The van der Waals surface area contributed by atoms with Gasteiger partial charge in [0.25, 0.3) is 0 Å². The van der Waals surface area contributed by atoms with Crippen LogP contribution in [0, 0.1) is 4.64 Å². The molecule has 0 aliphatic heterocycles. The van der Waals surface area contributed by atoms with Gasteiger partial charge in [-0.25, -0.2) is 4.98 Å². The average molecular weight is 339 g/mol. The molecule has 5 heteroatoms. The highest BCUT2D eigenvalue weighted by Crippen LogP contribution is 2.33. The molecular weight excluding hydrogens is 323 g/mol. The lowest BCUT2D eigenvalue weighted by Gasteiger charge is -2.12. The summed E-state index contributed by atoms with van der Waals surface area (Å²) in [5.74, 6) is 1.46. The Morgan fingerprint density at radius 1 is 1.19 bits per heavy atom. The standard InChI is InChI=1S/C16H16Cl2N2S/c17-12-6-5-11(13(18)8-12)7-15-19-14(9-16(21)20-15)10-3-1-2-4-10/h5-6,8-10H,1-4,7H2,(H,19,20,21). The Morgan fingerprint density at radius 3 is 2.67 bits per heavy atom. The van der Waals surface area contributed by atoms with Gasteiger partial charge in [-0.2, -0.15) is 0 Å². The van der Waals surface area contributed by atoms with Crippen molar-refractivity contribution in [3.63, 3.8) is 0 Å². The third-order valence-corrected chi connectivity index (χ3v) is 4.78. The van der Waals surface area contributed by atoms with Crippen LogP contribution in [-0.4, -0.2) is 9.97 Å². The van der Waals surface area contributed by atoms with E-state index >= 15 is 0 Å². The van der Waals surface area contributed by atoms with Gasteiger partial charge >= 0.3 is 0 Å². The summed E-state index contributed by atoms with van der Waals surface area (Å²) in [6.07, 6.45) is 5.70. The van der Waals surface area contributed by atoms with Crippen LogP contribution in [0.1, 0.15) is 48.7 Å². The molecule has 110 valence electrons. The smallest absolute Gasteiger partial charge is 0.130 e. The van der Waals surface area contributed by atoms with Crippen molar-refractivity contribution in [3.8, 4) is 0 Å². The first-order valence-corrected chi connectivity index (χ1v) is 8.32. The number of nitrogens with one attached hydrogen (secondary N) is 1. The summed E-state index contributed by atoms with van der Waals surface area (Å²) in [5, 5.41) is 1.30. The number of aromatic nitrogens is 2. The fourth-order valence-corrected chi connectivity index (χ4v) is 3.63. The predicted octanol–water partition coefficient (Wildman–Crippen LogP) is 5.69. The zero-order valence-electron chi connectivity index (χ0n) is 11.5. The number of aromatic amines is 1. The van der Waals surface area contributed by atoms with Crippen LogP contribution in [0.25, 0.3) is 0 Å². The second-order valence-electron chi connectivity index (χ2n) is 5.52. The largest absolute Gasteiger partial charge is 0.347 e. The topological polar surface area (TPSA) is 28.7 Å². The van der Waals surface area contributed by atoms with Crippen LogP contribution in [0.5, 0.6) is 0 Å². The van der Waals surface area contributed by atoms with E-state index in [0.29, 0.717) is 27.0 Å². The van der Waals surface area contributed by atoms with E-state index in [0.717, 1.165) is 11.4 Å². The number of rotatable bonds is 3. The highest BCUT2D eigenvalue weighted by Gasteiger charge is 2.18. The van der Waals surface area contributed by atoms with E-state index in [1.165, 1.54) is 31.4 Å². The predicted molar refractivity (Wildman–Crippen MR) is 89.9 cm³/mol. The number of H-pyrrole nitrogens is 1. The van der Waals surface area contributed by atoms with Crippen molar-refractivity contribution in [2.45, 2.75) is 38.0 Å². The highest BCUT2D eigenvalue weighted by molar-refractivity contribution is 7.71. The maximum absolute atomic E-state index is 6.23. The molecule has 1 N–H and O–H groups in total. The van der Waals surface area contributed by atoms with E-state index < -0.39 is 0 Å². The lowest BCUT2D eigenvalue weighted by atomic mass is 10.0. The molecule has 1 heterocycles. The molecule has 2 nitrogen and oxygen atoms in total. The number of hydrogen-bond acceptors (Lipinski definition) is 2. The number of halogens is 2. The van der Waals surface area contributed by atoms with Crippen LogP contribution in [0.4, 0.5) is 0 Å². The highest BCUT2D eigenvalue weighted by atomic mass is 35.5. The first kappa shape index (κ1) is 15.0. The van der Waals surface area contributed by atoms with Gasteiger partial charge in [0, 0.05) is 22.2 Å². The van der Waals surface area contributed by atoms with Crippen LogP contribution < -0.4 is 0 Å². The maximum atomic E-state index is 6.23. The molecule has 1 aliphatic rings. The van der Waals surface area contributed by atoms with Crippen LogP contribution in [-0.2, 0) is 6.42 Å². The molecule has 3 rings (SSSR count).